The molecule has 60 valence electrons. The Morgan fingerprint density at radius 2 is 1.70 bits per heavy atom. The molecule has 0 aliphatic heterocycles. The highest BCUT2D eigenvalue weighted by Crippen LogP contribution is 1.86. The Morgan fingerprint density at radius 1 is 1.20 bits per heavy atom. The number of rotatable bonds is 0. The van der Waals surface area contributed by atoms with Crippen LogP contribution in [0.5, 0.6) is 0 Å². The average Bonchev–Trinajstić information content (AvgIpc) is 2.48. The van der Waals surface area contributed by atoms with Crippen LogP contribution in [0.1, 0.15) is 33.4 Å². The lowest BCUT2D eigenvalue weighted by atomic mass is 10.6. The molecule has 0 spiro atoms. The van der Waals surface area contributed by atoms with Crippen LogP contribution < -0.4 is 0 Å². The zero-order valence-electron chi connectivity index (χ0n) is 7.51. The van der Waals surface area contributed by atoms with Crippen molar-refractivity contribution < 1.29 is 4.42 Å². The molecule has 0 atom stereocenters. The van der Waals surface area contributed by atoms with E-state index in [1.165, 1.54) is 6.39 Å². The van der Waals surface area contributed by atoms with Crippen LogP contribution >= 0.6 is 0 Å². The summed E-state index contributed by atoms with van der Waals surface area (Å²) in [4.78, 5) is 3.75. The minimum Gasteiger partial charge on any atom is -0.452 e. The van der Waals surface area contributed by atoms with Crippen LogP contribution in [0, 0.1) is 6.92 Å². The Hall–Kier alpha value is -0.790. The largest absolute Gasteiger partial charge is 0.452 e. The van der Waals surface area contributed by atoms with E-state index in [1.54, 1.807) is 6.26 Å². The third kappa shape index (κ3) is 7.21. The second kappa shape index (κ2) is 11.1. The normalized spacial score (nSPS) is 6.50. The monoisotopic (exact) mass is 143 g/mol. The van der Waals surface area contributed by atoms with Crippen molar-refractivity contribution in [3.05, 3.63) is 18.4 Å². The Kier molecular flexibility index (Phi) is 13.2. The molecular weight excluding hydrogens is 126 g/mol. The van der Waals surface area contributed by atoms with Crippen molar-refractivity contribution in [1.82, 2.24) is 4.98 Å². The third-order valence-corrected chi connectivity index (χ3v) is 0.556. The summed E-state index contributed by atoms with van der Waals surface area (Å²) >= 11 is 0. The van der Waals surface area contributed by atoms with Gasteiger partial charge >= 0.3 is 0 Å². The number of oxazole rings is 1. The maximum Gasteiger partial charge on any atom is 0.180 e. The van der Waals surface area contributed by atoms with E-state index in [2.05, 4.69) is 9.40 Å². The first-order chi connectivity index (χ1) is 4.89. The number of hydrogen-bond donors (Lipinski definition) is 0. The molecule has 2 nitrogen and oxygen atoms in total. The van der Waals surface area contributed by atoms with E-state index < -0.39 is 0 Å². The van der Waals surface area contributed by atoms with Gasteiger partial charge in [0.25, 0.3) is 0 Å². The van der Waals surface area contributed by atoms with Crippen LogP contribution in [0.2, 0.25) is 0 Å². The molecule has 0 radical (unpaired) electrons. The SMILES string of the molecule is CC.CC.Cc1cocn1. The molecule has 0 fully saturated rings. The lowest BCUT2D eigenvalue weighted by molar-refractivity contribution is 0.557. The minimum atomic E-state index is 0.926. The second-order valence-electron chi connectivity index (χ2n) is 1.13. The van der Waals surface area contributed by atoms with Crippen molar-refractivity contribution in [1.29, 1.82) is 0 Å². The van der Waals surface area contributed by atoms with E-state index in [-0.39, 0.29) is 0 Å². The minimum absolute atomic E-state index is 0.926. The molecule has 0 saturated heterocycles. The van der Waals surface area contributed by atoms with E-state index in [1.807, 2.05) is 34.6 Å². The molecule has 1 heterocycles. The van der Waals surface area contributed by atoms with Gasteiger partial charge in [-0.25, -0.2) is 4.98 Å². The van der Waals surface area contributed by atoms with Gasteiger partial charge in [-0.1, -0.05) is 27.7 Å². The fraction of sp³-hybridized carbons (Fsp3) is 0.625. The van der Waals surface area contributed by atoms with Gasteiger partial charge in [-0.15, -0.1) is 0 Å². The van der Waals surface area contributed by atoms with Crippen LogP contribution in [0.3, 0.4) is 0 Å². The second-order valence-corrected chi connectivity index (χ2v) is 1.13. The first-order valence-corrected chi connectivity index (χ1v) is 3.74. The zero-order valence-corrected chi connectivity index (χ0v) is 7.51. The molecule has 1 aromatic heterocycles. The molecule has 0 amide bonds. The lowest BCUT2D eigenvalue weighted by Crippen LogP contribution is -1.59. The first-order valence-electron chi connectivity index (χ1n) is 3.74. The number of nitrogens with zero attached hydrogens (tertiary/aromatic N) is 1. The van der Waals surface area contributed by atoms with Crippen LogP contribution in [-0.4, -0.2) is 4.98 Å². The van der Waals surface area contributed by atoms with E-state index in [0.717, 1.165) is 5.69 Å². The average molecular weight is 143 g/mol. The van der Waals surface area contributed by atoms with E-state index in [0.29, 0.717) is 0 Å². The molecule has 0 aliphatic rings. The molecule has 0 N–H and O–H groups in total. The highest BCUT2D eigenvalue weighted by atomic mass is 16.3. The molecule has 1 rings (SSSR count). The standard InChI is InChI=1S/C4H5NO.2C2H6/c1-4-2-6-3-5-4;2*1-2/h2-3H,1H3;2*1-2H3. The van der Waals surface area contributed by atoms with Gasteiger partial charge < -0.3 is 4.42 Å². The van der Waals surface area contributed by atoms with E-state index >= 15 is 0 Å². The molecule has 0 saturated carbocycles. The van der Waals surface area contributed by atoms with Gasteiger partial charge in [0.1, 0.15) is 6.26 Å². The summed E-state index contributed by atoms with van der Waals surface area (Å²) < 4.78 is 4.60. The molecule has 0 bridgehead atoms. The highest BCUT2D eigenvalue weighted by Gasteiger charge is 1.77. The lowest BCUT2D eigenvalue weighted by Gasteiger charge is -1.62. The van der Waals surface area contributed by atoms with Crippen LogP contribution in [0.25, 0.3) is 0 Å². The summed E-state index contributed by atoms with van der Waals surface area (Å²) in [5, 5.41) is 0. The summed E-state index contributed by atoms with van der Waals surface area (Å²) in [7, 11) is 0. The van der Waals surface area contributed by atoms with Gasteiger partial charge in [0.05, 0.1) is 5.69 Å². The molecule has 2 heteroatoms. The van der Waals surface area contributed by atoms with Crippen LogP contribution in [0.15, 0.2) is 17.1 Å². The van der Waals surface area contributed by atoms with Gasteiger partial charge in [-0.3, -0.25) is 0 Å². The van der Waals surface area contributed by atoms with Crippen molar-refractivity contribution >= 4 is 0 Å². The van der Waals surface area contributed by atoms with E-state index in [9.17, 15) is 0 Å². The van der Waals surface area contributed by atoms with Crippen LogP contribution in [0.4, 0.5) is 0 Å². The third-order valence-electron chi connectivity index (χ3n) is 0.556. The van der Waals surface area contributed by atoms with Gasteiger partial charge in [0, 0.05) is 0 Å². The molecule has 0 aromatic carbocycles. The smallest absolute Gasteiger partial charge is 0.180 e. The summed E-state index contributed by atoms with van der Waals surface area (Å²) in [6, 6.07) is 0. The van der Waals surface area contributed by atoms with Crippen molar-refractivity contribution in [3.63, 3.8) is 0 Å². The zero-order chi connectivity index (χ0) is 8.41. The Labute approximate surface area is 63.3 Å². The van der Waals surface area contributed by atoms with Gasteiger partial charge in [0.2, 0.25) is 0 Å². The van der Waals surface area contributed by atoms with Crippen molar-refractivity contribution in [2.75, 3.05) is 0 Å². The molecular formula is C8H17NO. The molecule has 0 aliphatic carbocycles. The van der Waals surface area contributed by atoms with Crippen molar-refractivity contribution in [3.8, 4) is 0 Å². The maximum absolute atomic E-state index is 4.60. The highest BCUT2D eigenvalue weighted by molar-refractivity contribution is 4.83. The number of aromatic nitrogens is 1. The molecule has 0 unspecified atom stereocenters. The molecule has 1 aromatic rings. The first kappa shape index (κ1) is 11.9. The Morgan fingerprint density at radius 3 is 1.80 bits per heavy atom. The van der Waals surface area contributed by atoms with Crippen molar-refractivity contribution in [2.45, 2.75) is 34.6 Å². The van der Waals surface area contributed by atoms with Gasteiger partial charge in [0.15, 0.2) is 6.39 Å². The predicted octanol–water partition coefficient (Wildman–Crippen LogP) is 3.04. The Bertz CT molecular complexity index is 113. The predicted molar refractivity (Wildman–Crippen MR) is 43.9 cm³/mol. The summed E-state index contributed by atoms with van der Waals surface area (Å²) in [6.07, 6.45) is 3.01. The quantitative estimate of drug-likeness (QED) is 0.558. The summed E-state index contributed by atoms with van der Waals surface area (Å²) in [5.41, 5.74) is 0.926. The number of hydrogen-bond acceptors (Lipinski definition) is 2. The fourth-order valence-electron chi connectivity index (χ4n) is 0.273. The fourth-order valence-corrected chi connectivity index (χ4v) is 0.273. The van der Waals surface area contributed by atoms with Gasteiger partial charge in [-0.05, 0) is 6.92 Å². The Balaban J connectivity index is 0. The molecule has 10 heavy (non-hydrogen) atoms. The van der Waals surface area contributed by atoms with Crippen molar-refractivity contribution in [2.24, 2.45) is 0 Å². The summed E-state index contributed by atoms with van der Waals surface area (Å²) in [6.45, 7) is 9.88. The van der Waals surface area contributed by atoms with Crippen LogP contribution in [-0.2, 0) is 0 Å². The van der Waals surface area contributed by atoms with E-state index in [4.69, 9.17) is 0 Å². The topological polar surface area (TPSA) is 26.0 Å². The maximum atomic E-state index is 4.60. The van der Waals surface area contributed by atoms with Gasteiger partial charge in [-0.2, -0.15) is 0 Å². The summed E-state index contributed by atoms with van der Waals surface area (Å²) in [5.74, 6) is 0. The number of aryl methyl sites for hydroxylation is 1.